The summed E-state index contributed by atoms with van der Waals surface area (Å²) in [7, 11) is 1.89. The second-order valence-electron chi connectivity index (χ2n) is 9.22. The Morgan fingerprint density at radius 3 is 2.67 bits per heavy atom. The first-order valence-electron chi connectivity index (χ1n) is 12.3. The number of aryl methyl sites for hydroxylation is 1. The summed E-state index contributed by atoms with van der Waals surface area (Å²) >= 11 is 0. The molecule has 0 radical (unpaired) electrons. The van der Waals surface area contributed by atoms with E-state index in [1.807, 2.05) is 30.1 Å². The van der Waals surface area contributed by atoms with Crippen molar-refractivity contribution in [1.82, 2.24) is 14.8 Å². The fourth-order valence-electron chi connectivity index (χ4n) is 4.91. The molecular formula is C27H32N4O5. The summed E-state index contributed by atoms with van der Waals surface area (Å²) in [5.41, 5.74) is 4.31. The van der Waals surface area contributed by atoms with E-state index in [1.54, 1.807) is 24.0 Å². The molecule has 4 rings (SSSR count). The zero-order valence-corrected chi connectivity index (χ0v) is 20.7. The van der Waals surface area contributed by atoms with Gasteiger partial charge in [0.25, 0.3) is 0 Å². The van der Waals surface area contributed by atoms with E-state index in [0.29, 0.717) is 49.1 Å². The van der Waals surface area contributed by atoms with Crippen LogP contribution in [0.15, 0.2) is 45.6 Å². The summed E-state index contributed by atoms with van der Waals surface area (Å²) in [6.07, 6.45) is 3.31. The third-order valence-electron chi connectivity index (χ3n) is 6.96. The molecule has 1 aliphatic rings. The van der Waals surface area contributed by atoms with Crippen molar-refractivity contribution in [1.29, 1.82) is 0 Å². The Labute approximate surface area is 209 Å². The maximum atomic E-state index is 12.8. The van der Waals surface area contributed by atoms with Gasteiger partial charge in [-0.2, -0.15) is 0 Å². The molecule has 2 aromatic carbocycles. The molecule has 0 aliphatic carbocycles. The van der Waals surface area contributed by atoms with Crippen molar-refractivity contribution in [2.24, 2.45) is 0 Å². The van der Waals surface area contributed by atoms with Crippen LogP contribution >= 0.6 is 0 Å². The number of nitrogens with zero attached hydrogens (tertiary/aromatic N) is 2. The number of oxazole rings is 1. The van der Waals surface area contributed by atoms with Crippen LogP contribution in [0.1, 0.15) is 47.2 Å². The van der Waals surface area contributed by atoms with Gasteiger partial charge in [0, 0.05) is 56.8 Å². The van der Waals surface area contributed by atoms with Crippen molar-refractivity contribution in [3.8, 4) is 0 Å². The standard InChI is InChI=1S/C27H32N4O5/c1-18-15-20(16-24-26(18)29-27(35)36-24)23(33)7-8-25(34)30-13-10-21(11-14-30)31(17-32)12-9-19-5-3-4-6-22(19)28-2/h3-6,15-17,21,28H,7-14H2,1-2H3,(H,29,35). The highest BCUT2D eigenvalue weighted by atomic mass is 16.4. The van der Waals surface area contributed by atoms with Crippen molar-refractivity contribution in [3.05, 3.63) is 63.6 Å². The van der Waals surface area contributed by atoms with Gasteiger partial charge in [0.15, 0.2) is 11.4 Å². The molecule has 9 nitrogen and oxygen atoms in total. The minimum atomic E-state index is -0.563. The third-order valence-corrected chi connectivity index (χ3v) is 6.96. The number of aromatic amines is 1. The molecule has 0 spiro atoms. The number of fused-ring (bicyclic) bond motifs is 1. The van der Waals surface area contributed by atoms with Crippen LogP contribution in [-0.4, -0.2) is 65.6 Å². The van der Waals surface area contributed by atoms with Crippen LogP contribution < -0.4 is 11.1 Å². The number of aromatic nitrogens is 1. The lowest BCUT2D eigenvalue weighted by Crippen LogP contribution is -2.47. The molecular weight excluding hydrogens is 460 g/mol. The second-order valence-corrected chi connectivity index (χ2v) is 9.22. The summed E-state index contributed by atoms with van der Waals surface area (Å²) in [5.74, 6) is -0.790. The number of rotatable bonds is 10. The minimum Gasteiger partial charge on any atom is -0.408 e. The van der Waals surface area contributed by atoms with E-state index in [4.69, 9.17) is 4.42 Å². The highest BCUT2D eigenvalue weighted by Gasteiger charge is 2.26. The average Bonchev–Trinajstić information content (AvgIpc) is 3.28. The Morgan fingerprint density at radius 1 is 1.19 bits per heavy atom. The van der Waals surface area contributed by atoms with Gasteiger partial charge in [-0.3, -0.25) is 19.4 Å². The lowest BCUT2D eigenvalue weighted by Gasteiger charge is -2.37. The van der Waals surface area contributed by atoms with Gasteiger partial charge in [-0.05, 0) is 55.5 Å². The maximum absolute atomic E-state index is 12.8. The highest BCUT2D eigenvalue weighted by molar-refractivity contribution is 6.00. The molecule has 0 saturated carbocycles. The summed E-state index contributed by atoms with van der Waals surface area (Å²) in [6, 6.07) is 11.4. The SMILES string of the molecule is CNc1ccccc1CCN(C=O)C1CCN(C(=O)CCC(=O)c2cc(C)c3[nH]c(=O)oc3c2)CC1. The fraction of sp³-hybridized carbons (Fsp3) is 0.407. The number of piperidine rings is 1. The van der Waals surface area contributed by atoms with E-state index in [0.717, 1.165) is 29.6 Å². The predicted octanol–water partition coefficient (Wildman–Crippen LogP) is 3.13. The first-order valence-corrected chi connectivity index (χ1v) is 12.3. The van der Waals surface area contributed by atoms with E-state index in [-0.39, 0.29) is 30.6 Å². The largest absolute Gasteiger partial charge is 0.417 e. The molecule has 0 atom stereocenters. The van der Waals surface area contributed by atoms with E-state index in [2.05, 4.69) is 16.4 Å². The van der Waals surface area contributed by atoms with E-state index in [1.165, 1.54) is 0 Å². The molecule has 3 aromatic rings. The lowest BCUT2D eigenvalue weighted by molar-refractivity contribution is -0.133. The van der Waals surface area contributed by atoms with Gasteiger partial charge in [-0.15, -0.1) is 0 Å². The Balaban J connectivity index is 1.26. The molecule has 190 valence electrons. The van der Waals surface area contributed by atoms with Crippen molar-refractivity contribution >= 4 is 34.9 Å². The van der Waals surface area contributed by atoms with Crippen molar-refractivity contribution in [2.75, 3.05) is 32.0 Å². The summed E-state index contributed by atoms with van der Waals surface area (Å²) in [6.45, 7) is 3.55. The number of hydrogen-bond donors (Lipinski definition) is 2. The molecule has 0 unspecified atom stereocenters. The molecule has 36 heavy (non-hydrogen) atoms. The molecule has 2 N–H and O–H groups in total. The Kier molecular flexibility index (Phi) is 7.87. The van der Waals surface area contributed by atoms with Gasteiger partial charge in [-0.1, -0.05) is 18.2 Å². The predicted molar refractivity (Wildman–Crippen MR) is 137 cm³/mol. The van der Waals surface area contributed by atoms with Crippen LogP contribution in [0, 0.1) is 6.92 Å². The van der Waals surface area contributed by atoms with Crippen molar-refractivity contribution in [3.63, 3.8) is 0 Å². The number of hydrogen-bond acceptors (Lipinski definition) is 6. The van der Waals surface area contributed by atoms with Gasteiger partial charge in [0.2, 0.25) is 12.3 Å². The van der Waals surface area contributed by atoms with Crippen LogP contribution in [0.4, 0.5) is 5.69 Å². The zero-order valence-electron chi connectivity index (χ0n) is 20.7. The number of carbonyl (C=O) groups excluding carboxylic acids is 3. The van der Waals surface area contributed by atoms with Crippen LogP contribution in [0.25, 0.3) is 11.1 Å². The Hall–Kier alpha value is -3.88. The molecule has 9 heteroatoms. The molecule has 2 heterocycles. The minimum absolute atomic E-state index is 0.0617. The number of amides is 2. The number of likely N-dealkylation sites (tertiary alicyclic amines) is 1. The quantitative estimate of drug-likeness (QED) is 0.332. The molecule has 1 aliphatic heterocycles. The summed E-state index contributed by atoms with van der Waals surface area (Å²) in [4.78, 5) is 54.9. The third kappa shape index (κ3) is 5.67. The van der Waals surface area contributed by atoms with Crippen LogP contribution in [0.5, 0.6) is 0 Å². The maximum Gasteiger partial charge on any atom is 0.417 e. The van der Waals surface area contributed by atoms with Gasteiger partial charge in [-0.25, -0.2) is 4.79 Å². The van der Waals surface area contributed by atoms with Crippen molar-refractivity contribution in [2.45, 2.75) is 45.1 Å². The van der Waals surface area contributed by atoms with Gasteiger partial charge < -0.3 is 19.5 Å². The molecule has 1 fully saturated rings. The summed E-state index contributed by atoms with van der Waals surface area (Å²) in [5, 5.41) is 3.18. The van der Waals surface area contributed by atoms with Crippen LogP contribution in [0.3, 0.4) is 0 Å². The summed E-state index contributed by atoms with van der Waals surface area (Å²) < 4.78 is 5.08. The second kappa shape index (κ2) is 11.2. The number of Topliss-reactive ketones (excluding diaryl/α,β-unsaturated/α-hetero) is 1. The van der Waals surface area contributed by atoms with Gasteiger partial charge in [0.05, 0.1) is 5.52 Å². The molecule has 1 aromatic heterocycles. The van der Waals surface area contributed by atoms with Crippen LogP contribution in [0.2, 0.25) is 0 Å². The number of carbonyl (C=O) groups is 3. The number of nitrogens with one attached hydrogen (secondary N) is 2. The van der Waals surface area contributed by atoms with E-state index >= 15 is 0 Å². The van der Waals surface area contributed by atoms with Crippen molar-refractivity contribution < 1.29 is 18.8 Å². The number of H-pyrrole nitrogens is 1. The van der Waals surface area contributed by atoms with Gasteiger partial charge >= 0.3 is 5.76 Å². The topological polar surface area (TPSA) is 116 Å². The smallest absolute Gasteiger partial charge is 0.408 e. The van der Waals surface area contributed by atoms with E-state index < -0.39 is 5.76 Å². The Bertz CT molecular complexity index is 1300. The molecule has 2 amide bonds. The number of para-hydroxylation sites is 1. The average molecular weight is 493 g/mol. The first-order chi connectivity index (χ1) is 17.4. The van der Waals surface area contributed by atoms with Gasteiger partial charge in [0.1, 0.15) is 0 Å². The van der Waals surface area contributed by atoms with E-state index in [9.17, 15) is 19.2 Å². The normalized spacial score (nSPS) is 14.1. The number of benzene rings is 2. The molecule has 0 bridgehead atoms. The zero-order chi connectivity index (χ0) is 25.7. The Morgan fingerprint density at radius 2 is 1.94 bits per heavy atom. The number of ketones is 1. The first kappa shape index (κ1) is 25.2. The highest BCUT2D eigenvalue weighted by Crippen LogP contribution is 2.21. The monoisotopic (exact) mass is 492 g/mol. The number of anilines is 1. The fourth-order valence-corrected chi connectivity index (χ4v) is 4.91. The van der Waals surface area contributed by atoms with Crippen LogP contribution in [-0.2, 0) is 16.0 Å². The molecule has 1 saturated heterocycles. The lowest BCUT2D eigenvalue weighted by atomic mass is 10.0.